The Morgan fingerprint density at radius 3 is 1.12 bits per heavy atom. The van der Waals surface area contributed by atoms with Gasteiger partial charge in [-0.25, -0.2) is 0 Å². The molecule has 0 aromatic rings. The van der Waals surface area contributed by atoms with Gasteiger partial charge in [-0.05, 0) is 34.6 Å². The Kier molecular flexibility index (Phi) is 9.66. The molecule has 0 aliphatic rings. The third kappa shape index (κ3) is 6.94. The largest absolute Gasteiger partial charge is 0.481 e. The number of hydrogen-bond acceptors (Lipinski definition) is 2. The predicted octanol–water partition coefficient (Wildman–Crippen LogP) is 1.67. The average Bonchev–Trinajstić information content (AvgIpc) is 2.32. The van der Waals surface area contributed by atoms with Crippen LogP contribution in [0.15, 0.2) is 0 Å². The third-order valence-corrected chi connectivity index (χ3v) is 3.42. The van der Waals surface area contributed by atoms with Crippen LogP contribution < -0.4 is 0 Å². The van der Waals surface area contributed by atoms with E-state index in [0.29, 0.717) is 0 Å². The molecular formula is C12H26NO4+. The van der Waals surface area contributed by atoms with Gasteiger partial charge in [-0.2, -0.15) is 0 Å². The Balaban J connectivity index is 0. The second-order valence-electron chi connectivity index (χ2n) is 4.00. The van der Waals surface area contributed by atoms with Crippen LogP contribution in [0.25, 0.3) is 0 Å². The van der Waals surface area contributed by atoms with E-state index in [2.05, 4.69) is 27.7 Å². The second kappa shape index (κ2) is 8.98. The van der Waals surface area contributed by atoms with Gasteiger partial charge >= 0.3 is 11.9 Å². The molecule has 0 atom stereocenters. The molecule has 0 heterocycles. The molecule has 0 radical (unpaired) electrons. The van der Waals surface area contributed by atoms with Gasteiger partial charge in [0.2, 0.25) is 0 Å². The fourth-order valence-corrected chi connectivity index (χ4v) is 1.45. The van der Waals surface area contributed by atoms with Crippen molar-refractivity contribution >= 4 is 11.9 Å². The zero-order valence-corrected chi connectivity index (χ0v) is 11.6. The summed E-state index contributed by atoms with van der Waals surface area (Å²) >= 11 is 0. The summed E-state index contributed by atoms with van der Waals surface area (Å²) in [4.78, 5) is 19.5. The van der Waals surface area contributed by atoms with Crippen LogP contribution in [0.2, 0.25) is 0 Å². The molecule has 0 saturated heterocycles. The van der Waals surface area contributed by atoms with E-state index in [4.69, 9.17) is 10.2 Å². The molecule has 0 saturated carbocycles. The lowest BCUT2D eigenvalue weighted by Crippen LogP contribution is -2.47. The number of carboxylic acids is 2. The molecule has 2 N–H and O–H groups in total. The van der Waals surface area contributed by atoms with E-state index in [0.717, 1.165) is 6.92 Å². The third-order valence-electron chi connectivity index (χ3n) is 3.42. The minimum absolute atomic E-state index is 1.12. The molecule has 0 aromatic heterocycles. The normalized spacial score (nSPS) is 10.7. The van der Waals surface area contributed by atoms with Crippen molar-refractivity contribution in [2.75, 3.05) is 26.2 Å². The zero-order chi connectivity index (χ0) is 14.1. The maximum atomic E-state index is 9.76. The number of quaternary nitrogens is 1. The maximum absolute atomic E-state index is 9.76. The summed E-state index contributed by atoms with van der Waals surface area (Å²) in [6.45, 7) is 15.3. The van der Waals surface area contributed by atoms with E-state index in [-0.39, 0.29) is 0 Å². The summed E-state index contributed by atoms with van der Waals surface area (Å²) in [7, 11) is 0. The molecule has 0 spiro atoms. The van der Waals surface area contributed by atoms with E-state index in [1.54, 1.807) is 0 Å². The number of hydrogen-bond donors (Lipinski definition) is 2. The predicted molar refractivity (Wildman–Crippen MR) is 66.9 cm³/mol. The van der Waals surface area contributed by atoms with Crippen LogP contribution >= 0.6 is 0 Å². The summed E-state index contributed by atoms with van der Waals surface area (Å²) in [6, 6.07) is 0. The fraction of sp³-hybridized carbons (Fsp3) is 0.833. The lowest BCUT2D eigenvalue weighted by molar-refractivity contribution is -0.921. The van der Waals surface area contributed by atoms with E-state index < -0.39 is 17.9 Å². The van der Waals surface area contributed by atoms with Gasteiger partial charge in [-0.15, -0.1) is 0 Å². The Morgan fingerprint density at radius 2 is 1.12 bits per heavy atom. The SMILES string of the molecule is CC(C(=O)O)C(=O)O.CC[N+](CC)(CC)CC. The van der Waals surface area contributed by atoms with E-state index in [1.165, 1.54) is 30.7 Å². The van der Waals surface area contributed by atoms with Gasteiger partial charge in [0.25, 0.3) is 0 Å². The van der Waals surface area contributed by atoms with E-state index in [9.17, 15) is 9.59 Å². The summed E-state index contributed by atoms with van der Waals surface area (Å²) in [6.07, 6.45) is 0. The molecule has 0 rings (SSSR count). The van der Waals surface area contributed by atoms with Gasteiger partial charge in [-0.3, -0.25) is 9.59 Å². The first-order valence-electron chi connectivity index (χ1n) is 6.10. The van der Waals surface area contributed by atoms with Crippen molar-refractivity contribution in [1.82, 2.24) is 0 Å². The first-order chi connectivity index (χ1) is 7.80. The van der Waals surface area contributed by atoms with Gasteiger partial charge in [0.05, 0.1) is 26.2 Å². The zero-order valence-electron chi connectivity index (χ0n) is 11.6. The smallest absolute Gasteiger partial charge is 0.317 e. The average molecular weight is 248 g/mol. The van der Waals surface area contributed by atoms with Crippen LogP contribution in [0.4, 0.5) is 0 Å². The van der Waals surface area contributed by atoms with Crippen molar-refractivity contribution in [2.24, 2.45) is 5.92 Å². The summed E-state index contributed by atoms with van der Waals surface area (Å²) in [5.74, 6) is -3.91. The minimum Gasteiger partial charge on any atom is -0.481 e. The molecule has 5 nitrogen and oxygen atoms in total. The minimum atomic E-state index is -1.31. The molecule has 0 fully saturated rings. The van der Waals surface area contributed by atoms with Crippen LogP contribution in [0.5, 0.6) is 0 Å². The van der Waals surface area contributed by atoms with Crippen molar-refractivity contribution in [3.05, 3.63) is 0 Å². The van der Waals surface area contributed by atoms with E-state index >= 15 is 0 Å². The Labute approximate surface area is 104 Å². The number of carboxylic acid groups (broad SMARTS) is 2. The van der Waals surface area contributed by atoms with Crippen molar-refractivity contribution in [3.63, 3.8) is 0 Å². The Bertz CT molecular complexity index is 205. The maximum Gasteiger partial charge on any atom is 0.317 e. The topological polar surface area (TPSA) is 74.6 Å². The Morgan fingerprint density at radius 1 is 0.882 bits per heavy atom. The van der Waals surface area contributed by atoms with Crippen LogP contribution in [0, 0.1) is 5.92 Å². The molecule has 0 aliphatic carbocycles. The van der Waals surface area contributed by atoms with Crippen LogP contribution in [0.1, 0.15) is 34.6 Å². The monoisotopic (exact) mass is 248 g/mol. The fourth-order valence-electron chi connectivity index (χ4n) is 1.45. The molecule has 0 aromatic carbocycles. The van der Waals surface area contributed by atoms with Crippen molar-refractivity contribution < 1.29 is 24.3 Å². The second-order valence-corrected chi connectivity index (χ2v) is 4.00. The molecule has 102 valence electrons. The van der Waals surface area contributed by atoms with Gasteiger partial charge < -0.3 is 14.7 Å². The Hall–Kier alpha value is -1.10. The lowest BCUT2D eigenvalue weighted by atomic mass is 10.2. The summed E-state index contributed by atoms with van der Waals surface area (Å²) in [5.41, 5.74) is 0. The molecular weight excluding hydrogens is 222 g/mol. The van der Waals surface area contributed by atoms with Crippen LogP contribution in [-0.2, 0) is 9.59 Å². The standard InChI is InChI=1S/C8H20N.C4H6O4/c1-5-9(6-2,7-3)8-4;1-2(3(5)6)4(7)8/h5-8H2,1-4H3;2H,1H3,(H,5,6)(H,7,8)/q+1;. The summed E-state index contributed by atoms with van der Waals surface area (Å²) < 4.78 is 1.28. The van der Waals surface area contributed by atoms with Crippen molar-refractivity contribution in [2.45, 2.75) is 34.6 Å². The first kappa shape index (κ1) is 18.3. The molecule has 0 amide bonds. The number of rotatable bonds is 6. The number of aliphatic carboxylic acids is 2. The van der Waals surface area contributed by atoms with Crippen LogP contribution in [-0.4, -0.2) is 52.8 Å². The number of carbonyl (C=O) groups is 2. The highest BCUT2D eigenvalue weighted by molar-refractivity contribution is 5.92. The first-order valence-corrected chi connectivity index (χ1v) is 6.10. The highest BCUT2D eigenvalue weighted by Crippen LogP contribution is 2.03. The highest BCUT2D eigenvalue weighted by Gasteiger charge is 2.18. The molecule has 0 bridgehead atoms. The molecule has 5 heteroatoms. The molecule has 0 unspecified atom stereocenters. The van der Waals surface area contributed by atoms with Crippen molar-refractivity contribution in [1.29, 1.82) is 0 Å². The quantitative estimate of drug-likeness (QED) is 0.554. The van der Waals surface area contributed by atoms with Gasteiger partial charge in [-0.1, -0.05) is 0 Å². The van der Waals surface area contributed by atoms with Gasteiger partial charge in [0.1, 0.15) is 0 Å². The van der Waals surface area contributed by atoms with Crippen LogP contribution in [0.3, 0.4) is 0 Å². The molecule has 0 aliphatic heterocycles. The van der Waals surface area contributed by atoms with Crippen molar-refractivity contribution in [3.8, 4) is 0 Å². The number of nitrogens with zero attached hydrogens (tertiary/aromatic N) is 1. The molecule has 17 heavy (non-hydrogen) atoms. The van der Waals surface area contributed by atoms with Gasteiger partial charge in [0, 0.05) is 0 Å². The summed E-state index contributed by atoms with van der Waals surface area (Å²) in [5, 5.41) is 15.9. The lowest BCUT2D eigenvalue weighted by Gasteiger charge is -2.34. The van der Waals surface area contributed by atoms with Gasteiger partial charge in [0.15, 0.2) is 5.92 Å². The highest BCUT2D eigenvalue weighted by atomic mass is 16.4. The van der Waals surface area contributed by atoms with E-state index in [1.807, 2.05) is 0 Å².